The molecule has 0 unspecified atom stereocenters. The first kappa shape index (κ1) is 12.9. The van der Waals surface area contributed by atoms with E-state index in [-0.39, 0.29) is 6.29 Å². The molecule has 0 amide bonds. The fourth-order valence-electron chi connectivity index (χ4n) is 1.21. The molecule has 1 aromatic rings. The zero-order chi connectivity index (χ0) is 11.6. The van der Waals surface area contributed by atoms with Gasteiger partial charge in [0.15, 0.2) is 6.29 Å². The summed E-state index contributed by atoms with van der Waals surface area (Å²) in [5, 5.41) is 0. The van der Waals surface area contributed by atoms with Crippen LogP contribution in [-0.2, 0) is 14.2 Å². The van der Waals surface area contributed by atoms with Crippen molar-refractivity contribution in [3.05, 3.63) is 42.0 Å². The summed E-state index contributed by atoms with van der Waals surface area (Å²) in [5.74, 6) is 0. The van der Waals surface area contributed by atoms with Gasteiger partial charge in [-0.3, -0.25) is 0 Å². The molecule has 0 spiro atoms. The zero-order valence-corrected chi connectivity index (χ0v) is 9.76. The van der Waals surface area contributed by atoms with Crippen LogP contribution in [0.3, 0.4) is 0 Å². The standard InChI is InChI=1S/C13H18O3/c1-14-13(15-2)11-16-10-6-9-12-7-4-3-5-8-12/h3-9,13H,10-11H2,1-2H3. The van der Waals surface area contributed by atoms with Crippen molar-refractivity contribution in [1.29, 1.82) is 0 Å². The van der Waals surface area contributed by atoms with Crippen molar-refractivity contribution >= 4 is 6.08 Å². The highest BCUT2D eigenvalue weighted by atomic mass is 16.7. The third-order valence-corrected chi connectivity index (χ3v) is 2.10. The van der Waals surface area contributed by atoms with Crippen molar-refractivity contribution in [2.24, 2.45) is 0 Å². The lowest BCUT2D eigenvalue weighted by molar-refractivity contribution is -0.137. The molecule has 0 radical (unpaired) electrons. The molecular weight excluding hydrogens is 204 g/mol. The van der Waals surface area contributed by atoms with Gasteiger partial charge in [0.2, 0.25) is 0 Å². The topological polar surface area (TPSA) is 27.7 Å². The molecule has 3 heteroatoms. The molecule has 0 aliphatic rings. The molecule has 1 rings (SSSR count). The Morgan fingerprint density at radius 1 is 1.12 bits per heavy atom. The van der Waals surface area contributed by atoms with Gasteiger partial charge in [-0.05, 0) is 5.56 Å². The first-order valence-corrected chi connectivity index (χ1v) is 5.21. The van der Waals surface area contributed by atoms with Gasteiger partial charge in [-0.1, -0.05) is 42.5 Å². The van der Waals surface area contributed by atoms with Crippen molar-refractivity contribution in [2.75, 3.05) is 27.4 Å². The molecule has 0 N–H and O–H groups in total. The molecule has 88 valence electrons. The minimum Gasteiger partial charge on any atom is -0.372 e. The van der Waals surface area contributed by atoms with Gasteiger partial charge in [-0.15, -0.1) is 0 Å². The highest BCUT2D eigenvalue weighted by molar-refractivity contribution is 5.48. The Morgan fingerprint density at radius 2 is 1.81 bits per heavy atom. The van der Waals surface area contributed by atoms with E-state index in [1.54, 1.807) is 14.2 Å². The van der Waals surface area contributed by atoms with Gasteiger partial charge >= 0.3 is 0 Å². The van der Waals surface area contributed by atoms with Gasteiger partial charge in [0.05, 0.1) is 13.2 Å². The SMILES string of the molecule is COC(COCC=Cc1ccccc1)OC. The monoisotopic (exact) mass is 222 g/mol. The maximum Gasteiger partial charge on any atom is 0.180 e. The number of rotatable bonds is 7. The Hall–Kier alpha value is -1.16. The van der Waals surface area contributed by atoms with Gasteiger partial charge in [0, 0.05) is 14.2 Å². The van der Waals surface area contributed by atoms with E-state index in [4.69, 9.17) is 14.2 Å². The summed E-state index contributed by atoms with van der Waals surface area (Å²) >= 11 is 0. The minimum absolute atomic E-state index is 0.287. The molecule has 0 aliphatic heterocycles. The third-order valence-electron chi connectivity index (χ3n) is 2.10. The average molecular weight is 222 g/mol. The van der Waals surface area contributed by atoms with E-state index in [0.717, 1.165) is 0 Å². The molecule has 0 aliphatic carbocycles. The maximum atomic E-state index is 5.36. The van der Waals surface area contributed by atoms with Gasteiger partial charge < -0.3 is 14.2 Å². The second-order valence-corrected chi connectivity index (χ2v) is 3.25. The van der Waals surface area contributed by atoms with E-state index in [1.165, 1.54) is 5.56 Å². The normalized spacial score (nSPS) is 11.4. The van der Waals surface area contributed by atoms with Crippen LogP contribution in [0.4, 0.5) is 0 Å². The number of hydrogen-bond acceptors (Lipinski definition) is 3. The van der Waals surface area contributed by atoms with E-state index >= 15 is 0 Å². The van der Waals surface area contributed by atoms with Gasteiger partial charge in [-0.2, -0.15) is 0 Å². The van der Waals surface area contributed by atoms with Crippen LogP contribution in [0.5, 0.6) is 0 Å². The Bertz CT molecular complexity index is 291. The number of hydrogen-bond donors (Lipinski definition) is 0. The molecule has 0 heterocycles. The average Bonchev–Trinajstić information content (AvgIpc) is 2.35. The summed E-state index contributed by atoms with van der Waals surface area (Å²) in [4.78, 5) is 0. The lowest BCUT2D eigenvalue weighted by Gasteiger charge is -2.12. The fourth-order valence-corrected chi connectivity index (χ4v) is 1.21. The largest absolute Gasteiger partial charge is 0.372 e. The van der Waals surface area contributed by atoms with Crippen molar-refractivity contribution in [2.45, 2.75) is 6.29 Å². The van der Waals surface area contributed by atoms with E-state index in [1.807, 2.05) is 42.5 Å². The van der Waals surface area contributed by atoms with Crippen molar-refractivity contribution < 1.29 is 14.2 Å². The van der Waals surface area contributed by atoms with Crippen LogP contribution in [0, 0.1) is 0 Å². The molecule has 0 atom stereocenters. The molecule has 0 saturated carbocycles. The van der Waals surface area contributed by atoms with E-state index in [9.17, 15) is 0 Å². The predicted molar refractivity (Wildman–Crippen MR) is 64.1 cm³/mol. The molecule has 0 fully saturated rings. The summed E-state index contributed by atoms with van der Waals surface area (Å²) in [6, 6.07) is 10.1. The predicted octanol–water partition coefficient (Wildman–Crippen LogP) is 2.34. The highest BCUT2D eigenvalue weighted by Gasteiger charge is 2.02. The Balaban J connectivity index is 2.18. The van der Waals surface area contributed by atoms with Crippen LogP contribution in [-0.4, -0.2) is 33.7 Å². The van der Waals surface area contributed by atoms with Crippen LogP contribution in [0.2, 0.25) is 0 Å². The molecule has 1 aromatic carbocycles. The van der Waals surface area contributed by atoms with Gasteiger partial charge in [0.1, 0.15) is 0 Å². The van der Waals surface area contributed by atoms with E-state index in [2.05, 4.69) is 0 Å². The van der Waals surface area contributed by atoms with Gasteiger partial charge in [0.25, 0.3) is 0 Å². The molecule has 3 nitrogen and oxygen atoms in total. The van der Waals surface area contributed by atoms with Gasteiger partial charge in [-0.25, -0.2) is 0 Å². The quantitative estimate of drug-likeness (QED) is 0.523. The summed E-state index contributed by atoms with van der Waals surface area (Å²) in [5.41, 5.74) is 1.17. The van der Waals surface area contributed by atoms with Crippen LogP contribution in [0.25, 0.3) is 6.08 Å². The summed E-state index contributed by atoms with van der Waals surface area (Å²) in [6.45, 7) is 0.990. The van der Waals surface area contributed by atoms with Crippen LogP contribution in [0.1, 0.15) is 5.56 Å². The van der Waals surface area contributed by atoms with Crippen molar-refractivity contribution in [3.8, 4) is 0 Å². The second-order valence-electron chi connectivity index (χ2n) is 3.25. The lowest BCUT2D eigenvalue weighted by Crippen LogP contribution is -2.20. The van der Waals surface area contributed by atoms with E-state index in [0.29, 0.717) is 13.2 Å². The molecular formula is C13H18O3. The Kier molecular flexibility index (Phi) is 6.49. The summed E-state index contributed by atoms with van der Waals surface area (Å²) in [6.07, 6.45) is 3.71. The molecule has 0 bridgehead atoms. The van der Waals surface area contributed by atoms with Crippen molar-refractivity contribution in [1.82, 2.24) is 0 Å². The van der Waals surface area contributed by atoms with Crippen LogP contribution >= 0.6 is 0 Å². The van der Waals surface area contributed by atoms with Crippen LogP contribution in [0.15, 0.2) is 36.4 Å². The Labute approximate surface area is 96.6 Å². The smallest absolute Gasteiger partial charge is 0.180 e. The number of methoxy groups -OCH3 is 2. The second kappa shape index (κ2) is 8.05. The van der Waals surface area contributed by atoms with E-state index < -0.39 is 0 Å². The fraction of sp³-hybridized carbons (Fsp3) is 0.385. The molecule has 0 aromatic heterocycles. The minimum atomic E-state index is -0.287. The number of ether oxygens (including phenoxy) is 3. The molecule has 0 saturated heterocycles. The summed E-state index contributed by atoms with van der Waals surface area (Å²) < 4.78 is 15.3. The highest BCUT2D eigenvalue weighted by Crippen LogP contribution is 2.00. The summed E-state index contributed by atoms with van der Waals surface area (Å²) in [7, 11) is 3.19. The van der Waals surface area contributed by atoms with Crippen LogP contribution < -0.4 is 0 Å². The third kappa shape index (κ3) is 5.07. The lowest BCUT2D eigenvalue weighted by atomic mass is 10.2. The first-order chi connectivity index (χ1) is 7.86. The first-order valence-electron chi connectivity index (χ1n) is 5.21. The van der Waals surface area contributed by atoms with Crippen molar-refractivity contribution in [3.63, 3.8) is 0 Å². The maximum absolute atomic E-state index is 5.36. The number of benzene rings is 1. The zero-order valence-electron chi connectivity index (χ0n) is 9.76. The Morgan fingerprint density at radius 3 is 2.44 bits per heavy atom. The molecule has 16 heavy (non-hydrogen) atoms.